The Morgan fingerprint density at radius 1 is 1.21 bits per heavy atom. The minimum atomic E-state index is -0.625. The zero-order valence-corrected chi connectivity index (χ0v) is 17.0. The quantitative estimate of drug-likeness (QED) is 0.310. The van der Waals surface area contributed by atoms with Crippen LogP contribution in [0.1, 0.15) is 31.7 Å². The minimum absolute atomic E-state index is 0.300. The summed E-state index contributed by atoms with van der Waals surface area (Å²) >= 11 is 0. The Labute approximate surface area is 168 Å². The average molecular weight is 399 g/mol. The van der Waals surface area contributed by atoms with Crippen LogP contribution in [0.25, 0.3) is 16.7 Å². The van der Waals surface area contributed by atoms with Crippen LogP contribution < -0.4 is 5.69 Å². The topological polar surface area (TPSA) is 92.8 Å². The van der Waals surface area contributed by atoms with Gasteiger partial charge in [-0.25, -0.2) is 14.8 Å². The van der Waals surface area contributed by atoms with Gasteiger partial charge in [-0.2, -0.15) is 9.61 Å². The van der Waals surface area contributed by atoms with Crippen LogP contribution in [-0.2, 0) is 20.8 Å². The molecule has 0 bridgehead atoms. The smallest absolute Gasteiger partial charge is 0.352 e. The van der Waals surface area contributed by atoms with Crippen molar-refractivity contribution in [2.75, 3.05) is 21.3 Å². The Balaban J connectivity index is 2.04. The molecule has 0 amide bonds. The molecular weight excluding hydrogens is 374 g/mol. The zero-order chi connectivity index (χ0) is 20.8. The van der Waals surface area contributed by atoms with E-state index in [0.29, 0.717) is 30.0 Å². The van der Waals surface area contributed by atoms with E-state index >= 15 is 0 Å². The number of rotatable bonds is 9. The van der Waals surface area contributed by atoms with Crippen molar-refractivity contribution >= 4 is 16.7 Å². The van der Waals surface area contributed by atoms with Gasteiger partial charge in [0.05, 0.1) is 18.2 Å². The summed E-state index contributed by atoms with van der Waals surface area (Å²) in [6.45, 7) is 2.47. The third-order valence-corrected chi connectivity index (χ3v) is 4.47. The highest BCUT2D eigenvalue weighted by Crippen LogP contribution is 2.21. The molecule has 0 N–H and O–H groups in total. The molecule has 0 unspecified atom stereocenters. The summed E-state index contributed by atoms with van der Waals surface area (Å²) in [5, 5.41) is 4.79. The molecule has 0 spiro atoms. The molecule has 3 aromatic heterocycles. The second-order valence-corrected chi connectivity index (χ2v) is 6.25. The first kappa shape index (κ1) is 20.7. The molecule has 0 aliphatic heterocycles. The summed E-state index contributed by atoms with van der Waals surface area (Å²) in [4.78, 5) is 21.8. The number of nitrogens with zero attached hydrogens (tertiary/aromatic N) is 5. The van der Waals surface area contributed by atoms with Crippen LogP contribution in [0.5, 0.6) is 0 Å². The maximum absolute atomic E-state index is 13.0. The van der Waals surface area contributed by atoms with Crippen LogP contribution in [0.2, 0.25) is 0 Å². The molecule has 3 rings (SSSR count). The van der Waals surface area contributed by atoms with Crippen molar-refractivity contribution in [3.05, 3.63) is 58.6 Å². The van der Waals surface area contributed by atoms with Gasteiger partial charge in [0.25, 0.3) is 0 Å². The Morgan fingerprint density at radius 2 is 2.00 bits per heavy atom. The Morgan fingerprint density at radius 3 is 2.69 bits per heavy atom. The lowest BCUT2D eigenvalue weighted by atomic mass is 10.2. The molecule has 0 saturated heterocycles. The van der Waals surface area contributed by atoms with Crippen LogP contribution >= 0.6 is 0 Å². The van der Waals surface area contributed by atoms with Crippen molar-refractivity contribution in [2.24, 2.45) is 0 Å². The molecule has 3 heterocycles. The van der Waals surface area contributed by atoms with Crippen LogP contribution in [0, 0.1) is 0 Å². The van der Waals surface area contributed by atoms with E-state index in [0.717, 1.165) is 17.6 Å². The summed E-state index contributed by atoms with van der Waals surface area (Å²) in [6.07, 6.45) is 8.09. The van der Waals surface area contributed by atoms with Crippen LogP contribution in [0.3, 0.4) is 0 Å². The summed E-state index contributed by atoms with van der Waals surface area (Å²) in [5.41, 5.74) is 1.25. The molecule has 0 fully saturated rings. The van der Waals surface area contributed by atoms with E-state index in [9.17, 15) is 4.79 Å². The van der Waals surface area contributed by atoms with Gasteiger partial charge in [0, 0.05) is 20.8 Å². The molecule has 3 aromatic rings. The maximum atomic E-state index is 13.0. The van der Waals surface area contributed by atoms with Crippen molar-refractivity contribution in [1.29, 1.82) is 0 Å². The monoisotopic (exact) mass is 399 g/mol. The van der Waals surface area contributed by atoms with E-state index in [1.165, 1.54) is 25.1 Å². The van der Waals surface area contributed by atoms with Gasteiger partial charge < -0.3 is 14.2 Å². The van der Waals surface area contributed by atoms with Gasteiger partial charge in [0.1, 0.15) is 17.7 Å². The Bertz CT molecular complexity index is 1100. The van der Waals surface area contributed by atoms with Gasteiger partial charge in [-0.05, 0) is 37.1 Å². The van der Waals surface area contributed by atoms with Gasteiger partial charge in [0.15, 0.2) is 5.65 Å². The highest BCUT2D eigenvalue weighted by Gasteiger charge is 2.17. The molecule has 0 aliphatic rings. The third kappa shape index (κ3) is 4.20. The number of pyridine rings is 1. The normalized spacial score (nSPS) is 12.7. The fraction of sp³-hybridized carbons (Fsp3) is 0.400. The molecule has 0 radical (unpaired) electrons. The van der Waals surface area contributed by atoms with Gasteiger partial charge in [-0.3, -0.25) is 4.57 Å². The second kappa shape index (κ2) is 9.44. The second-order valence-electron chi connectivity index (χ2n) is 6.25. The predicted octanol–water partition coefficient (Wildman–Crippen LogP) is 2.62. The summed E-state index contributed by atoms with van der Waals surface area (Å²) < 4.78 is 18.8. The van der Waals surface area contributed by atoms with Gasteiger partial charge in [-0.15, -0.1) is 0 Å². The molecule has 29 heavy (non-hydrogen) atoms. The number of aromatic nitrogens is 5. The maximum Gasteiger partial charge on any atom is 0.352 e. The lowest BCUT2D eigenvalue weighted by Gasteiger charge is -2.15. The predicted molar refractivity (Wildman–Crippen MR) is 108 cm³/mol. The fourth-order valence-electron chi connectivity index (χ4n) is 3.11. The van der Waals surface area contributed by atoms with Gasteiger partial charge in [-0.1, -0.05) is 13.0 Å². The molecule has 0 atom stereocenters. The van der Waals surface area contributed by atoms with Crippen molar-refractivity contribution < 1.29 is 14.2 Å². The highest BCUT2D eigenvalue weighted by molar-refractivity contribution is 5.88. The van der Waals surface area contributed by atoms with E-state index < -0.39 is 6.29 Å². The Kier molecular flexibility index (Phi) is 6.73. The number of hydrogen-bond donors (Lipinski definition) is 0. The molecule has 9 nitrogen and oxygen atoms in total. The number of allylic oxidation sites excluding steroid dienone is 3. The van der Waals surface area contributed by atoms with E-state index in [1.807, 2.05) is 31.2 Å². The Hall–Kier alpha value is -3.04. The first-order valence-electron chi connectivity index (χ1n) is 9.34. The lowest BCUT2D eigenvalue weighted by Crippen LogP contribution is -2.28. The first-order chi connectivity index (χ1) is 14.1. The highest BCUT2D eigenvalue weighted by atomic mass is 16.7. The number of aryl methyl sites for hydroxylation is 1. The number of hydrogen-bond acceptors (Lipinski definition) is 7. The number of methoxy groups -OCH3 is 3. The van der Waals surface area contributed by atoms with Crippen molar-refractivity contribution in [1.82, 2.24) is 24.1 Å². The standard InChI is InChI=1S/C20H25N5O4/c1-5-8-14(27-2)9-6-7-12-24-18-15(17-21-13-22-25(17)20(24)26)10-11-16(23-18)19(28-3)29-4/h6,8-11,13,19H,5,7,12H2,1-4H3/b9-6-,14-8+. The summed E-state index contributed by atoms with van der Waals surface area (Å²) in [6, 6.07) is 3.65. The zero-order valence-electron chi connectivity index (χ0n) is 17.0. The van der Waals surface area contributed by atoms with Crippen LogP contribution in [0.4, 0.5) is 0 Å². The molecule has 9 heteroatoms. The molecule has 0 saturated carbocycles. The van der Waals surface area contributed by atoms with Crippen LogP contribution in [-0.4, -0.2) is 45.5 Å². The largest absolute Gasteiger partial charge is 0.497 e. The summed E-state index contributed by atoms with van der Waals surface area (Å²) in [7, 11) is 4.71. The van der Waals surface area contributed by atoms with E-state index in [-0.39, 0.29) is 5.69 Å². The average Bonchev–Trinajstić information content (AvgIpc) is 3.23. The van der Waals surface area contributed by atoms with Crippen molar-refractivity contribution in [3.8, 4) is 0 Å². The molecule has 0 aliphatic carbocycles. The SMILES string of the molecule is CC/C=C(\C=C/CCn1c(=O)n2ncnc2c2ccc(C(OC)OC)nc21)OC. The van der Waals surface area contributed by atoms with E-state index in [2.05, 4.69) is 15.1 Å². The molecule has 0 aromatic carbocycles. The number of fused-ring (bicyclic) bond motifs is 3. The lowest BCUT2D eigenvalue weighted by molar-refractivity contribution is -0.108. The molecular formula is C20H25N5O4. The minimum Gasteiger partial charge on any atom is -0.497 e. The van der Waals surface area contributed by atoms with E-state index in [1.54, 1.807) is 17.7 Å². The third-order valence-electron chi connectivity index (χ3n) is 4.47. The van der Waals surface area contributed by atoms with Gasteiger partial charge >= 0.3 is 5.69 Å². The van der Waals surface area contributed by atoms with Crippen molar-refractivity contribution in [3.63, 3.8) is 0 Å². The van der Waals surface area contributed by atoms with Crippen molar-refractivity contribution in [2.45, 2.75) is 32.6 Å². The summed E-state index contributed by atoms with van der Waals surface area (Å²) in [5.74, 6) is 0.792. The van der Waals surface area contributed by atoms with Gasteiger partial charge in [0.2, 0.25) is 6.29 Å². The van der Waals surface area contributed by atoms with E-state index in [4.69, 9.17) is 14.2 Å². The number of ether oxygens (including phenoxy) is 3. The van der Waals surface area contributed by atoms with Crippen LogP contribution in [0.15, 0.2) is 47.2 Å². The fourth-order valence-corrected chi connectivity index (χ4v) is 3.11. The first-order valence-corrected chi connectivity index (χ1v) is 9.34. The molecule has 154 valence electrons.